The van der Waals surface area contributed by atoms with Crippen molar-refractivity contribution in [1.82, 2.24) is 4.90 Å². The molecule has 152 valence electrons. The largest absolute Gasteiger partial charge is 0.487 e. The van der Waals surface area contributed by atoms with Gasteiger partial charge in [0.1, 0.15) is 11.4 Å². The monoisotopic (exact) mass is 388 g/mol. The Morgan fingerprint density at radius 3 is 2.41 bits per heavy atom. The van der Waals surface area contributed by atoms with E-state index in [0.29, 0.717) is 5.56 Å². The summed E-state index contributed by atoms with van der Waals surface area (Å²) in [4.78, 5) is 2.72. The van der Waals surface area contributed by atoms with Gasteiger partial charge < -0.3 is 9.64 Å². The fraction of sp³-hybridized carbons (Fsp3) is 0.500. The Hall–Kier alpha value is -2.31. The maximum Gasteiger partial charge on any atom is 0.124 e. The summed E-state index contributed by atoms with van der Waals surface area (Å²) in [5, 5.41) is 8.99. The molecule has 0 N–H and O–H groups in total. The smallest absolute Gasteiger partial charge is 0.124 e. The fourth-order valence-electron chi connectivity index (χ4n) is 4.91. The van der Waals surface area contributed by atoms with Gasteiger partial charge in [0, 0.05) is 25.4 Å². The molecule has 1 aliphatic carbocycles. The van der Waals surface area contributed by atoms with E-state index in [1.165, 1.54) is 49.9 Å². The minimum Gasteiger partial charge on any atom is -0.487 e. The highest BCUT2D eigenvalue weighted by Gasteiger charge is 2.41. The molecule has 2 aromatic carbocycles. The van der Waals surface area contributed by atoms with Crippen molar-refractivity contribution in [3.05, 3.63) is 53.6 Å². The first-order chi connectivity index (χ1) is 14.2. The van der Waals surface area contributed by atoms with Crippen molar-refractivity contribution < 1.29 is 4.74 Å². The second-order valence-corrected chi connectivity index (χ2v) is 8.45. The summed E-state index contributed by atoms with van der Waals surface area (Å²) in [5.41, 5.74) is 4.36. The molecule has 3 heteroatoms. The first-order valence-electron chi connectivity index (χ1n) is 11.3. The SMILES string of the molecule is CC.N#Cc1ccc(-c2ccc3c(c2)OC2(CCCN(C4CCC4)CC2)C3)cc1. The van der Waals surface area contributed by atoms with Gasteiger partial charge >= 0.3 is 0 Å². The summed E-state index contributed by atoms with van der Waals surface area (Å²) in [6.45, 7) is 6.42. The van der Waals surface area contributed by atoms with Gasteiger partial charge in [0.2, 0.25) is 0 Å². The minimum absolute atomic E-state index is 0.00409. The number of likely N-dealkylation sites (tertiary alicyclic amines) is 1. The molecule has 1 saturated carbocycles. The van der Waals surface area contributed by atoms with Crippen molar-refractivity contribution in [2.75, 3.05) is 13.1 Å². The Kier molecular flexibility index (Phi) is 5.92. The van der Waals surface area contributed by atoms with E-state index >= 15 is 0 Å². The van der Waals surface area contributed by atoms with E-state index < -0.39 is 0 Å². The minimum atomic E-state index is 0.00409. The number of hydrogen-bond acceptors (Lipinski definition) is 3. The van der Waals surface area contributed by atoms with Gasteiger partial charge in [-0.2, -0.15) is 5.26 Å². The molecule has 29 heavy (non-hydrogen) atoms. The van der Waals surface area contributed by atoms with Crippen LogP contribution in [0.3, 0.4) is 0 Å². The van der Waals surface area contributed by atoms with Crippen LogP contribution in [0.15, 0.2) is 42.5 Å². The molecule has 2 fully saturated rings. The lowest BCUT2D eigenvalue weighted by Gasteiger charge is -2.37. The van der Waals surface area contributed by atoms with Crippen LogP contribution in [0, 0.1) is 11.3 Å². The lowest BCUT2D eigenvalue weighted by atomic mass is 9.89. The van der Waals surface area contributed by atoms with Gasteiger partial charge in [0.15, 0.2) is 0 Å². The van der Waals surface area contributed by atoms with Gasteiger partial charge in [-0.05, 0) is 67.1 Å². The van der Waals surface area contributed by atoms with E-state index in [1.54, 1.807) is 0 Å². The zero-order valence-corrected chi connectivity index (χ0v) is 17.8. The number of nitrogens with zero attached hydrogens (tertiary/aromatic N) is 2. The second-order valence-electron chi connectivity index (χ2n) is 8.45. The Labute approximate surface area is 175 Å². The Balaban J connectivity index is 0.000000994. The van der Waals surface area contributed by atoms with E-state index in [4.69, 9.17) is 10.00 Å². The van der Waals surface area contributed by atoms with Crippen molar-refractivity contribution in [2.24, 2.45) is 0 Å². The molecule has 3 nitrogen and oxygen atoms in total. The molecule has 1 saturated heterocycles. The first-order valence-corrected chi connectivity index (χ1v) is 11.3. The van der Waals surface area contributed by atoms with Crippen LogP contribution in [-0.4, -0.2) is 29.6 Å². The zero-order valence-electron chi connectivity index (χ0n) is 17.8. The Morgan fingerprint density at radius 1 is 0.966 bits per heavy atom. The molecule has 5 rings (SSSR count). The molecular formula is C26H32N2O. The van der Waals surface area contributed by atoms with Crippen LogP contribution in [-0.2, 0) is 6.42 Å². The van der Waals surface area contributed by atoms with Gasteiger partial charge in [-0.1, -0.05) is 44.5 Å². The summed E-state index contributed by atoms with van der Waals surface area (Å²) in [7, 11) is 0. The molecule has 0 radical (unpaired) electrons. The quantitative estimate of drug-likeness (QED) is 0.636. The third-order valence-electron chi connectivity index (χ3n) is 6.78. The van der Waals surface area contributed by atoms with E-state index in [9.17, 15) is 0 Å². The van der Waals surface area contributed by atoms with Crippen molar-refractivity contribution in [1.29, 1.82) is 5.26 Å². The number of nitriles is 1. The first kappa shape index (κ1) is 20.0. The van der Waals surface area contributed by atoms with Crippen LogP contribution in [0.25, 0.3) is 11.1 Å². The van der Waals surface area contributed by atoms with Gasteiger partial charge in [-0.3, -0.25) is 0 Å². The molecule has 0 bridgehead atoms. The average molecular weight is 389 g/mol. The molecule has 0 amide bonds. The van der Waals surface area contributed by atoms with Crippen molar-refractivity contribution in [2.45, 2.75) is 70.4 Å². The van der Waals surface area contributed by atoms with E-state index in [0.717, 1.165) is 36.6 Å². The maximum atomic E-state index is 8.99. The average Bonchev–Trinajstić information content (AvgIpc) is 2.98. The molecule has 3 aliphatic rings. The lowest BCUT2D eigenvalue weighted by Crippen LogP contribution is -2.42. The highest BCUT2D eigenvalue weighted by molar-refractivity contribution is 5.67. The third kappa shape index (κ3) is 4.05. The predicted octanol–water partition coefficient (Wildman–Crippen LogP) is 5.96. The van der Waals surface area contributed by atoms with E-state index in [-0.39, 0.29) is 5.60 Å². The van der Waals surface area contributed by atoms with Crippen molar-refractivity contribution in [3.63, 3.8) is 0 Å². The number of fused-ring (bicyclic) bond motifs is 1. The van der Waals surface area contributed by atoms with Gasteiger partial charge in [0.05, 0.1) is 11.6 Å². The number of ether oxygens (including phenoxy) is 1. The normalized spacial score (nSPS) is 23.8. The summed E-state index contributed by atoms with van der Waals surface area (Å²) < 4.78 is 6.62. The zero-order chi connectivity index (χ0) is 20.3. The Morgan fingerprint density at radius 2 is 1.72 bits per heavy atom. The number of benzene rings is 2. The standard InChI is InChI=1S/C24H26N2O.C2H6/c25-17-18-5-7-19(8-6-18)20-9-10-21-16-24(27-23(21)15-20)11-2-13-26(14-12-24)22-3-1-4-22;1-2/h5-10,15,22H,1-4,11-14,16H2;1-2H3. The summed E-state index contributed by atoms with van der Waals surface area (Å²) in [5.74, 6) is 1.06. The van der Waals surface area contributed by atoms with Crippen LogP contribution in [0.1, 0.15) is 63.5 Å². The highest BCUT2D eigenvalue weighted by Crippen LogP contribution is 2.43. The molecule has 1 unspecified atom stereocenters. The highest BCUT2D eigenvalue weighted by atomic mass is 16.5. The fourth-order valence-corrected chi connectivity index (χ4v) is 4.91. The molecule has 2 aliphatic heterocycles. The van der Waals surface area contributed by atoms with E-state index in [2.05, 4.69) is 29.2 Å². The van der Waals surface area contributed by atoms with Crippen LogP contribution in [0.2, 0.25) is 0 Å². The molecule has 2 heterocycles. The Bertz CT molecular complexity index is 879. The van der Waals surface area contributed by atoms with Gasteiger partial charge in [-0.25, -0.2) is 0 Å². The predicted molar refractivity (Wildman–Crippen MR) is 118 cm³/mol. The topological polar surface area (TPSA) is 36.3 Å². The summed E-state index contributed by atoms with van der Waals surface area (Å²) in [6, 6.07) is 17.5. The summed E-state index contributed by atoms with van der Waals surface area (Å²) >= 11 is 0. The van der Waals surface area contributed by atoms with Gasteiger partial charge in [0.25, 0.3) is 0 Å². The van der Waals surface area contributed by atoms with Crippen molar-refractivity contribution in [3.8, 4) is 22.9 Å². The second kappa shape index (κ2) is 8.59. The van der Waals surface area contributed by atoms with Crippen LogP contribution >= 0.6 is 0 Å². The van der Waals surface area contributed by atoms with Crippen LogP contribution in [0.4, 0.5) is 0 Å². The maximum absolute atomic E-state index is 8.99. The molecule has 1 atom stereocenters. The lowest BCUT2D eigenvalue weighted by molar-refractivity contribution is 0.0695. The third-order valence-corrected chi connectivity index (χ3v) is 6.78. The van der Waals surface area contributed by atoms with Crippen molar-refractivity contribution >= 4 is 0 Å². The summed E-state index contributed by atoms with van der Waals surface area (Å²) in [6.07, 6.45) is 8.79. The molecule has 1 spiro atoms. The number of hydrogen-bond donors (Lipinski definition) is 0. The molecule has 0 aromatic heterocycles. The van der Waals surface area contributed by atoms with E-state index in [1.807, 2.05) is 38.1 Å². The molecular weight excluding hydrogens is 356 g/mol. The number of rotatable bonds is 2. The van der Waals surface area contributed by atoms with Crippen LogP contribution < -0.4 is 4.74 Å². The molecule has 2 aromatic rings. The van der Waals surface area contributed by atoms with Gasteiger partial charge in [-0.15, -0.1) is 0 Å². The van der Waals surface area contributed by atoms with Crippen LogP contribution in [0.5, 0.6) is 5.75 Å².